The molecule has 0 aliphatic rings. The Morgan fingerprint density at radius 2 is 2.25 bits per heavy atom. The van der Waals surface area contributed by atoms with Crippen molar-refractivity contribution >= 4 is 22.5 Å². The van der Waals surface area contributed by atoms with Gasteiger partial charge in [0.05, 0.1) is 23.2 Å². The van der Waals surface area contributed by atoms with E-state index in [0.717, 1.165) is 0 Å². The monoisotopic (exact) mass is 247 g/mol. The fourth-order valence-corrected chi connectivity index (χ4v) is 1.82. The number of aliphatic hydroxyl groups is 1. The van der Waals surface area contributed by atoms with Gasteiger partial charge in [-0.3, -0.25) is 4.68 Å². The zero-order chi connectivity index (χ0) is 11.9. The summed E-state index contributed by atoms with van der Waals surface area (Å²) >= 11 is 5.71. The Labute approximate surface area is 94.5 Å². The van der Waals surface area contributed by atoms with E-state index in [4.69, 9.17) is 16.7 Å². The van der Waals surface area contributed by atoms with E-state index in [9.17, 15) is 8.78 Å². The number of hydrogen-bond donors (Lipinski definition) is 1. The number of fused-ring (bicyclic) bond motifs is 1. The van der Waals surface area contributed by atoms with Crippen LogP contribution in [0.25, 0.3) is 10.9 Å². The Kier molecular flexibility index (Phi) is 2.77. The van der Waals surface area contributed by atoms with Crippen LogP contribution in [0.2, 0.25) is 5.15 Å². The average molecular weight is 248 g/mol. The van der Waals surface area contributed by atoms with Gasteiger partial charge in [0, 0.05) is 13.1 Å². The number of hydrogen-bond acceptors (Lipinski definition) is 3. The Hall–Kier alpha value is -1.27. The molecule has 0 amide bonds. The minimum Gasteiger partial charge on any atom is -0.390 e. The third-order valence-corrected chi connectivity index (χ3v) is 2.45. The van der Waals surface area contributed by atoms with Gasteiger partial charge in [0.25, 0.3) is 6.43 Å². The first-order valence-corrected chi connectivity index (χ1v) is 4.83. The molecule has 2 rings (SSSR count). The highest BCUT2D eigenvalue weighted by Crippen LogP contribution is 2.30. The van der Waals surface area contributed by atoms with Crippen LogP contribution in [0.3, 0.4) is 0 Å². The van der Waals surface area contributed by atoms with Gasteiger partial charge in [-0.1, -0.05) is 11.6 Å². The second-order valence-electron chi connectivity index (χ2n) is 3.25. The Bertz CT molecular complexity index is 541. The molecule has 0 saturated carbocycles. The van der Waals surface area contributed by atoms with E-state index < -0.39 is 13.0 Å². The Balaban J connectivity index is 2.86. The van der Waals surface area contributed by atoms with E-state index >= 15 is 0 Å². The van der Waals surface area contributed by atoms with E-state index in [2.05, 4.69) is 10.1 Å². The minimum atomic E-state index is -2.71. The molecule has 0 saturated heterocycles. The van der Waals surface area contributed by atoms with Gasteiger partial charge in [0.1, 0.15) is 10.8 Å². The maximum atomic E-state index is 12.7. The van der Waals surface area contributed by atoms with Gasteiger partial charge in [-0.15, -0.1) is 0 Å². The molecule has 1 N–H and O–H groups in total. The smallest absolute Gasteiger partial charge is 0.282 e. The summed E-state index contributed by atoms with van der Waals surface area (Å²) in [7, 11) is 1.53. The van der Waals surface area contributed by atoms with Crippen LogP contribution in [-0.2, 0) is 13.7 Å². The molecule has 0 radical (unpaired) electrons. The van der Waals surface area contributed by atoms with Crippen molar-refractivity contribution in [2.75, 3.05) is 0 Å². The van der Waals surface area contributed by atoms with Crippen LogP contribution in [0.15, 0.2) is 6.07 Å². The fourth-order valence-electron chi connectivity index (χ4n) is 1.62. The zero-order valence-electron chi connectivity index (χ0n) is 8.28. The highest BCUT2D eigenvalue weighted by atomic mass is 35.5. The summed E-state index contributed by atoms with van der Waals surface area (Å²) in [5.74, 6) is 0. The molecular formula is C9H8ClF2N3O. The summed E-state index contributed by atoms with van der Waals surface area (Å²) in [5, 5.41) is 13.1. The lowest BCUT2D eigenvalue weighted by atomic mass is 10.2. The number of aryl methyl sites for hydroxylation is 1. The van der Waals surface area contributed by atoms with E-state index in [1.165, 1.54) is 17.8 Å². The molecule has 0 atom stereocenters. The summed E-state index contributed by atoms with van der Waals surface area (Å²) in [5.41, 5.74) is 0.163. The first kappa shape index (κ1) is 11.2. The topological polar surface area (TPSA) is 50.9 Å². The van der Waals surface area contributed by atoms with Gasteiger partial charge in [0.15, 0.2) is 0 Å². The fraction of sp³-hybridized carbons (Fsp3) is 0.333. The van der Waals surface area contributed by atoms with Crippen LogP contribution in [-0.4, -0.2) is 19.9 Å². The second-order valence-corrected chi connectivity index (χ2v) is 3.64. The molecule has 86 valence electrons. The molecule has 2 heterocycles. The number of pyridine rings is 1. The van der Waals surface area contributed by atoms with Crippen LogP contribution < -0.4 is 0 Å². The number of aromatic nitrogens is 3. The number of rotatable bonds is 2. The molecule has 0 bridgehead atoms. The van der Waals surface area contributed by atoms with Crippen molar-refractivity contribution < 1.29 is 13.9 Å². The van der Waals surface area contributed by atoms with Crippen molar-refractivity contribution in [3.05, 3.63) is 22.6 Å². The van der Waals surface area contributed by atoms with Crippen LogP contribution in [0.4, 0.5) is 8.78 Å². The third kappa shape index (κ3) is 1.64. The molecule has 2 aromatic rings. The highest BCUT2D eigenvalue weighted by molar-refractivity contribution is 6.30. The summed E-state index contributed by atoms with van der Waals surface area (Å²) in [6.07, 6.45) is -2.71. The number of nitrogens with zero attached hydrogens (tertiary/aromatic N) is 3. The Morgan fingerprint density at radius 1 is 1.56 bits per heavy atom. The molecule has 0 fully saturated rings. The first-order chi connectivity index (χ1) is 7.54. The van der Waals surface area contributed by atoms with Gasteiger partial charge in [-0.2, -0.15) is 5.10 Å². The van der Waals surface area contributed by atoms with Gasteiger partial charge < -0.3 is 5.11 Å². The zero-order valence-corrected chi connectivity index (χ0v) is 9.04. The van der Waals surface area contributed by atoms with Gasteiger partial charge in [0.2, 0.25) is 0 Å². The molecule has 0 aliphatic carbocycles. The van der Waals surface area contributed by atoms with Crippen molar-refractivity contribution in [2.24, 2.45) is 7.05 Å². The lowest BCUT2D eigenvalue weighted by molar-refractivity contribution is 0.146. The molecule has 0 aliphatic heterocycles. The van der Waals surface area contributed by atoms with E-state index in [1.807, 2.05) is 0 Å². The van der Waals surface area contributed by atoms with Crippen molar-refractivity contribution in [3.63, 3.8) is 0 Å². The highest BCUT2D eigenvalue weighted by Gasteiger charge is 2.21. The molecule has 16 heavy (non-hydrogen) atoms. The molecule has 0 aromatic carbocycles. The Morgan fingerprint density at radius 3 is 2.81 bits per heavy atom. The maximum Gasteiger partial charge on any atom is 0.282 e. The van der Waals surface area contributed by atoms with Crippen molar-refractivity contribution in [1.82, 2.24) is 14.8 Å². The van der Waals surface area contributed by atoms with E-state index in [1.54, 1.807) is 0 Å². The third-order valence-electron chi connectivity index (χ3n) is 2.26. The lowest BCUT2D eigenvalue weighted by Crippen LogP contribution is -1.94. The van der Waals surface area contributed by atoms with Crippen molar-refractivity contribution in [2.45, 2.75) is 13.0 Å². The minimum absolute atomic E-state index is 0.117. The second kappa shape index (κ2) is 3.95. The SMILES string of the molecule is Cn1nc(C(F)F)c2c(CO)nc(Cl)cc21. The molecular weight excluding hydrogens is 240 g/mol. The molecule has 2 aromatic heterocycles. The summed E-state index contributed by atoms with van der Waals surface area (Å²) in [6, 6.07) is 1.44. The van der Waals surface area contributed by atoms with Gasteiger partial charge in [-0.05, 0) is 0 Å². The van der Waals surface area contributed by atoms with Gasteiger partial charge >= 0.3 is 0 Å². The predicted octanol–water partition coefficient (Wildman–Crippen LogP) is 2.05. The van der Waals surface area contributed by atoms with Crippen LogP contribution in [0.5, 0.6) is 0 Å². The van der Waals surface area contributed by atoms with Crippen LogP contribution in [0, 0.1) is 0 Å². The standard InChI is InChI=1S/C9H8ClF2N3O/c1-15-5-2-6(10)13-4(3-16)7(5)8(14-15)9(11)12/h2,9,16H,3H2,1H3. The normalized spacial score (nSPS) is 11.6. The van der Waals surface area contributed by atoms with Crippen molar-refractivity contribution in [3.8, 4) is 0 Å². The molecule has 4 nitrogen and oxygen atoms in total. The van der Waals surface area contributed by atoms with E-state index in [-0.39, 0.29) is 21.9 Å². The maximum absolute atomic E-state index is 12.7. The molecule has 0 unspecified atom stereocenters. The molecule has 7 heteroatoms. The van der Waals surface area contributed by atoms with Crippen molar-refractivity contribution in [1.29, 1.82) is 0 Å². The quantitative estimate of drug-likeness (QED) is 0.827. The summed E-state index contributed by atoms with van der Waals surface area (Å²) < 4.78 is 26.7. The number of halogens is 3. The molecule has 0 spiro atoms. The number of alkyl halides is 2. The van der Waals surface area contributed by atoms with Crippen LogP contribution in [0.1, 0.15) is 17.8 Å². The summed E-state index contributed by atoms with van der Waals surface area (Å²) in [6.45, 7) is -0.456. The summed E-state index contributed by atoms with van der Waals surface area (Å²) in [4.78, 5) is 3.80. The largest absolute Gasteiger partial charge is 0.390 e. The van der Waals surface area contributed by atoms with Crippen LogP contribution >= 0.6 is 11.6 Å². The lowest BCUT2D eigenvalue weighted by Gasteiger charge is -2.01. The van der Waals surface area contributed by atoms with E-state index in [0.29, 0.717) is 5.52 Å². The van der Waals surface area contributed by atoms with Gasteiger partial charge in [-0.25, -0.2) is 13.8 Å². The average Bonchev–Trinajstić information content (AvgIpc) is 2.55. The predicted molar refractivity (Wildman–Crippen MR) is 54.4 cm³/mol. The first-order valence-electron chi connectivity index (χ1n) is 4.45. The number of aliphatic hydroxyl groups excluding tert-OH is 1.